The number of allylic oxidation sites excluding steroid dienone is 2. The molecular weight excluding hydrogens is 392 g/mol. The molecule has 0 fully saturated rings. The Morgan fingerprint density at radius 2 is 1.84 bits per heavy atom. The van der Waals surface area contributed by atoms with Gasteiger partial charge in [0.25, 0.3) is 0 Å². The Bertz CT molecular complexity index is 717. The first-order valence-corrected chi connectivity index (χ1v) is 8.59. The lowest BCUT2D eigenvalue weighted by Gasteiger charge is -2.26. The molecule has 0 aromatic heterocycles. The first-order valence-electron chi connectivity index (χ1n) is 7.46. The third-order valence-electron chi connectivity index (χ3n) is 3.71. The van der Waals surface area contributed by atoms with Gasteiger partial charge in [0, 0.05) is 5.69 Å². The number of halogens is 4. The Morgan fingerprint density at radius 1 is 1.16 bits per heavy atom. The molecule has 0 bridgehead atoms. The highest BCUT2D eigenvalue weighted by Gasteiger charge is 2.35. The van der Waals surface area contributed by atoms with Crippen LogP contribution in [0.1, 0.15) is 12.8 Å². The first kappa shape index (κ1) is 19.8. The van der Waals surface area contributed by atoms with Crippen LogP contribution >= 0.6 is 34.8 Å². The number of carbonyl (C=O) groups excluding carboxylic acids is 2. The van der Waals surface area contributed by atoms with Gasteiger partial charge in [0.2, 0.25) is 5.91 Å². The van der Waals surface area contributed by atoms with E-state index in [4.69, 9.17) is 39.5 Å². The standard InChI is InChI=1S/C17H15Cl3FNO3/c18-14(15(19)20)9-25-17(24)13-7-2-1-6-12(13)16(23)22-11-5-3-4-10(21)8-11/h1-5,8,12-13H,6-7,9H2,(H,22,23). The van der Waals surface area contributed by atoms with E-state index in [-0.39, 0.29) is 22.0 Å². The van der Waals surface area contributed by atoms with Crippen molar-refractivity contribution in [3.63, 3.8) is 0 Å². The van der Waals surface area contributed by atoms with Gasteiger partial charge in [-0.3, -0.25) is 9.59 Å². The molecule has 1 N–H and O–H groups in total. The Kier molecular flexibility index (Phi) is 7.29. The van der Waals surface area contributed by atoms with Gasteiger partial charge in [-0.15, -0.1) is 0 Å². The number of ether oxygens (including phenoxy) is 1. The zero-order valence-electron chi connectivity index (χ0n) is 13.0. The highest BCUT2D eigenvalue weighted by atomic mass is 35.5. The summed E-state index contributed by atoms with van der Waals surface area (Å²) in [7, 11) is 0. The van der Waals surface area contributed by atoms with E-state index < -0.39 is 23.6 Å². The van der Waals surface area contributed by atoms with Crippen molar-refractivity contribution in [2.45, 2.75) is 12.8 Å². The van der Waals surface area contributed by atoms with Crippen molar-refractivity contribution in [2.24, 2.45) is 11.8 Å². The number of hydrogen-bond acceptors (Lipinski definition) is 3. The molecule has 0 radical (unpaired) electrons. The minimum Gasteiger partial charge on any atom is -0.460 e. The molecule has 1 aliphatic carbocycles. The molecule has 0 aliphatic heterocycles. The molecule has 0 spiro atoms. The number of benzene rings is 1. The molecule has 4 nitrogen and oxygen atoms in total. The lowest BCUT2D eigenvalue weighted by molar-refractivity contribution is -0.151. The topological polar surface area (TPSA) is 55.4 Å². The number of carbonyl (C=O) groups is 2. The van der Waals surface area contributed by atoms with E-state index in [1.54, 1.807) is 6.07 Å². The summed E-state index contributed by atoms with van der Waals surface area (Å²) in [5, 5.41) is 2.63. The van der Waals surface area contributed by atoms with Crippen LogP contribution in [0.3, 0.4) is 0 Å². The minimum atomic E-state index is -0.669. The van der Waals surface area contributed by atoms with Crippen LogP contribution in [0.25, 0.3) is 0 Å². The van der Waals surface area contributed by atoms with Crippen LogP contribution < -0.4 is 5.32 Å². The Balaban J connectivity index is 2.04. The summed E-state index contributed by atoms with van der Waals surface area (Å²) in [6.45, 7) is -0.263. The summed E-state index contributed by atoms with van der Waals surface area (Å²) in [6, 6.07) is 5.54. The zero-order chi connectivity index (χ0) is 18.4. The molecule has 0 saturated heterocycles. The van der Waals surface area contributed by atoms with Gasteiger partial charge in [-0.1, -0.05) is 53.0 Å². The predicted octanol–water partition coefficient (Wildman–Crippen LogP) is 4.78. The Hall–Kier alpha value is -1.56. The molecule has 1 aromatic carbocycles. The lowest BCUT2D eigenvalue weighted by Crippen LogP contribution is -2.36. The molecule has 1 amide bonds. The van der Waals surface area contributed by atoms with Crippen molar-refractivity contribution >= 4 is 52.4 Å². The van der Waals surface area contributed by atoms with Crippen molar-refractivity contribution in [2.75, 3.05) is 11.9 Å². The molecule has 134 valence electrons. The van der Waals surface area contributed by atoms with Gasteiger partial charge in [0.1, 0.15) is 16.9 Å². The predicted molar refractivity (Wildman–Crippen MR) is 95.9 cm³/mol. The van der Waals surface area contributed by atoms with Crippen molar-refractivity contribution in [1.29, 1.82) is 0 Å². The average Bonchev–Trinajstić information content (AvgIpc) is 2.59. The van der Waals surface area contributed by atoms with E-state index in [1.807, 2.05) is 12.2 Å². The summed E-state index contributed by atoms with van der Waals surface area (Å²) in [5.41, 5.74) is 0.326. The van der Waals surface area contributed by atoms with Crippen LogP contribution in [0.5, 0.6) is 0 Å². The molecule has 1 aliphatic rings. The Morgan fingerprint density at radius 3 is 2.48 bits per heavy atom. The fourth-order valence-electron chi connectivity index (χ4n) is 2.46. The number of rotatable bonds is 5. The summed E-state index contributed by atoms with van der Waals surface area (Å²) >= 11 is 16.7. The minimum absolute atomic E-state index is 0.00352. The second-order valence-corrected chi connectivity index (χ2v) is 6.83. The molecule has 0 saturated carbocycles. The normalized spacial score (nSPS) is 19.2. The van der Waals surface area contributed by atoms with E-state index in [0.717, 1.165) is 0 Å². The SMILES string of the molecule is O=C(Nc1cccc(F)c1)C1CC=CCC1C(=O)OCC(Cl)=C(Cl)Cl. The van der Waals surface area contributed by atoms with Crippen molar-refractivity contribution in [3.05, 3.63) is 51.8 Å². The van der Waals surface area contributed by atoms with Gasteiger partial charge in [-0.2, -0.15) is 0 Å². The number of nitrogens with one attached hydrogen (secondary N) is 1. The fraction of sp³-hybridized carbons (Fsp3) is 0.294. The van der Waals surface area contributed by atoms with Crippen LogP contribution in [0.4, 0.5) is 10.1 Å². The monoisotopic (exact) mass is 405 g/mol. The molecule has 0 heterocycles. The maximum Gasteiger partial charge on any atom is 0.310 e. The molecule has 8 heteroatoms. The first-order chi connectivity index (χ1) is 11.9. The van der Waals surface area contributed by atoms with E-state index in [1.165, 1.54) is 18.2 Å². The van der Waals surface area contributed by atoms with Gasteiger partial charge < -0.3 is 10.1 Å². The van der Waals surface area contributed by atoms with E-state index in [2.05, 4.69) is 5.32 Å². The lowest BCUT2D eigenvalue weighted by atomic mass is 9.82. The van der Waals surface area contributed by atoms with Gasteiger partial charge in [0.15, 0.2) is 0 Å². The largest absolute Gasteiger partial charge is 0.460 e. The van der Waals surface area contributed by atoms with E-state index >= 15 is 0 Å². The molecular formula is C17H15Cl3FNO3. The fourth-order valence-corrected chi connectivity index (χ4v) is 2.63. The summed E-state index contributed by atoms with van der Waals surface area (Å²) < 4.78 is 18.1. The highest BCUT2D eigenvalue weighted by molar-refractivity contribution is 6.59. The second-order valence-electron chi connectivity index (χ2n) is 5.43. The van der Waals surface area contributed by atoms with Crippen molar-refractivity contribution in [3.8, 4) is 0 Å². The van der Waals surface area contributed by atoms with Crippen LogP contribution in [0.2, 0.25) is 0 Å². The molecule has 2 rings (SSSR count). The molecule has 1 aromatic rings. The quantitative estimate of drug-likeness (QED) is 0.566. The van der Waals surface area contributed by atoms with Gasteiger partial charge in [-0.25, -0.2) is 4.39 Å². The second kappa shape index (κ2) is 9.22. The number of anilines is 1. The van der Waals surface area contributed by atoms with Gasteiger partial charge in [0.05, 0.1) is 16.9 Å². The third-order valence-corrected chi connectivity index (χ3v) is 4.66. The summed E-state index contributed by atoms with van der Waals surface area (Å²) in [6.07, 6.45) is 4.36. The van der Waals surface area contributed by atoms with Crippen LogP contribution in [0, 0.1) is 17.7 Å². The van der Waals surface area contributed by atoms with Crippen LogP contribution in [-0.4, -0.2) is 18.5 Å². The van der Waals surface area contributed by atoms with E-state index in [9.17, 15) is 14.0 Å². The maximum atomic E-state index is 13.2. The number of amides is 1. The summed E-state index contributed by atoms with van der Waals surface area (Å²) in [4.78, 5) is 24.8. The summed E-state index contributed by atoms with van der Waals surface area (Å²) in [5.74, 6) is -2.71. The van der Waals surface area contributed by atoms with Crippen molar-refractivity contribution < 1.29 is 18.7 Å². The van der Waals surface area contributed by atoms with Gasteiger partial charge in [-0.05, 0) is 31.0 Å². The smallest absolute Gasteiger partial charge is 0.310 e. The van der Waals surface area contributed by atoms with Gasteiger partial charge >= 0.3 is 5.97 Å². The van der Waals surface area contributed by atoms with Crippen LogP contribution in [0.15, 0.2) is 45.9 Å². The number of hydrogen-bond donors (Lipinski definition) is 1. The van der Waals surface area contributed by atoms with Crippen molar-refractivity contribution in [1.82, 2.24) is 0 Å². The van der Waals surface area contributed by atoms with Crippen LogP contribution in [-0.2, 0) is 14.3 Å². The molecule has 2 unspecified atom stereocenters. The average molecular weight is 407 g/mol. The maximum absolute atomic E-state index is 13.2. The molecule has 2 atom stereocenters. The Labute approximate surface area is 159 Å². The number of esters is 1. The third kappa shape index (κ3) is 5.73. The molecule has 25 heavy (non-hydrogen) atoms. The van der Waals surface area contributed by atoms with E-state index in [0.29, 0.717) is 18.5 Å². The zero-order valence-corrected chi connectivity index (χ0v) is 15.2. The highest BCUT2D eigenvalue weighted by Crippen LogP contribution is 2.29.